The van der Waals surface area contributed by atoms with Crippen LogP contribution in [-0.4, -0.2) is 30.4 Å². The number of hydrogen-bond acceptors (Lipinski definition) is 2. The van der Waals surface area contributed by atoms with Gasteiger partial charge in [-0.05, 0) is 38.6 Å². The number of carbonyl (C=O) groups is 1. The molecule has 0 spiro atoms. The Kier molecular flexibility index (Phi) is 8.91. The van der Waals surface area contributed by atoms with Gasteiger partial charge < -0.3 is 10.6 Å². The molecular weight excluding hydrogens is 200 g/mol. The van der Waals surface area contributed by atoms with Crippen LogP contribution in [0, 0.1) is 0 Å². The van der Waals surface area contributed by atoms with E-state index in [-0.39, 0.29) is 5.91 Å². The summed E-state index contributed by atoms with van der Waals surface area (Å²) in [5.41, 5.74) is 6.15. The van der Waals surface area contributed by atoms with E-state index in [1.807, 2.05) is 4.90 Å². The molecule has 0 aliphatic rings. The molecule has 0 bridgehead atoms. The Bertz CT molecular complexity index is 208. The summed E-state index contributed by atoms with van der Waals surface area (Å²) in [7, 11) is 0. The molecule has 0 aromatic carbocycles. The van der Waals surface area contributed by atoms with E-state index in [1.165, 1.54) is 0 Å². The average Bonchev–Trinajstić information content (AvgIpc) is 2.28. The highest BCUT2D eigenvalue weighted by atomic mass is 16.2. The Labute approximate surface area is 99.7 Å². The molecule has 0 aromatic heterocycles. The molecular formula is C13H26N2O. The third-order valence-corrected chi connectivity index (χ3v) is 2.51. The second-order valence-corrected chi connectivity index (χ2v) is 4.14. The first-order chi connectivity index (χ1) is 7.67. The lowest BCUT2D eigenvalue weighted by molar-refractivity contribution is -0.127. The Hall–Kier alpha value is -0.830. The summed E-state index contributed by atoms with van der Waals surface area (Å²) < 4.78 is 0. The third kappa shape index (κ3) is 5.91. The maximum atomic E-state index is 12.0. The summed E-state index contributed by atoms with van der Waals surface area (Å²) in [6.45, 7) is 10.4. The first-order valence-corrected chi connectivity index (χ1v) is 6.34. The van der Waals surface area contributed by atoms with Gasteiger partial charge in [-0.2, -0.15) is 0 Å². The number of rotatable bonds is 9. The average molecular weight is 226 g/mol. The molecule has 0 aliphatic carbocycles. The van der Waals surface area contributed by atoms with Crippen molar-refractivity contribution in [3.05, 3.63) is 12.2 Å². The zero-order chi connectivity index (χ0) is 12.4. The van der Waals surface area contributed by atoms with Crippen LogP contribution >= 0.6 is 0 Å². The van der Waals surface area contributed by atoms with Crippen LogP contribution in [0.4, 0.5) is 0 Å². The number of nitrogens with zero attached hydrogens (tertiary/aromatic N) is 1. The van der Waals surface area contributed by atoms with Crippen LogP contribution in [0.15, 0.2) is 12.2 Å². The fourth-order valence-corrected chi connectivity index (χ4v) is 1.67. The van der Waals surface area contributed by atoms with Gasteiger partial charge in [0.05, 0.1) is 0 Å². The monoisotopic (exact) mass is 226 g/mol. The van der Waals surface area contributed by atoms with Gasteiger partial charge in [0.25, 0.3) is 0 Å². The van der Waals surface area contributed by atoms with E-state index in [1.54, 1.807) is 0 Å². The highest BCUT2D eigenvalue weighted by Gasteiger charge is 2.14. The second kappa shape index (κ2) is 9.40. The smallest absolute Gasteiger partial charge is 0.249 e. The summed E-state index contributed by atoms with van der Waals surface area (Å²) >= 11 is 0. The van der Waals surface area contributed by atoms with E-state index >= 15 is 0 Å². The van der Waals surface area contributed by atoms with Crippen LogP contribution in [0.1, 0.15) is 46.0 Å². The van der Waals surface area contributed by atoms with Crippen LogP contribution in [-0.2, 0) is 4.79 Å². The fraction of sp³-hybridized carbons (Fsp3) is 0.769. The molecule has 0 aromatic rings. The number of nitrogens with two attached hydrogens (primary N) is 1. The molecule has 0 radical (unpaired) electrons. The van der Waals surface area contributed by atoms with Crippen molar-refractivity contribution < 1.29 is 4.79 Å². The van der Waals surface area contributed by atoms with Crippen molar-refractivity contribution in [2.75, 3.05) is 19.6 Å². The minimum atomic E-state index is 0.126. The van der Waals surface area contributed by atoms with Crippen molar-refractivity contribution in [1.82, 2.24) is 4.90 Å². The Morgan fingerprint density at radius 3 is 2.19 bits per heavy atom. The van der Waals surface area contributed by atoms with E-state index in [4.69, 9.17) is 5.73 Å². The van der Waals surface area contributed by atoms with Crippen molar-refractivity contribution in [3.8, 4) is 0 Å². The zero-order valence-corrected chi connectivity index (χ0v) is 10.8. The first kappa shape index (κ1) is 15.2. The fourth-order valence-electron chi connectivity index (χ4n) is 1.67. The van der Waals surface area contributed by atoms with Gasteiger partial charge in [0, 0.05) is 18.7 Å². The van der Waals surface area contributed by atoms with Gasteiger partial charge in [-0.25, -0.2) is 0 Å². The second-order valence-electron chi connectivity index (χ2n) is 4.14. The molecule has 3 heteroatoms. The molecule has 0 saturated carbocycles. The maximum Gasteiger partial charge on any atom is 0.249 e. The van der Waals surface area contributed by atoms with Gasteiger partial charge in [0.15, 0.2) is 0 Å². The minimum absolute atomic E-state index is 0.126. The number of amides is 1. The predicted octanol–water partition coefficient (Wildman–Crippen LogP) is 2.32. The molecule has 0 atom stereocenters. The quantitative estimate of drug-likeness (QED) is 0.484. The molecule has 0 rings (SSSR count). The van der Waals surface area contributed by atoms with Crippen molar-refractivity contribution in [2.24, 2.45) is 5.73 Å². The zero-order valence-electron chi connectivity index (χ0n) is 10.8. The van der Waals surface area contributed by atoms with Crippen molar-refractivity contribution >= 4 is 5.91 Å². The molecule has 2 N–H and O–H groups in total. The normalized spacial score (nSPS) is 10.2. The largest absolute Gasteiger partial charge is 0.339 e. The number of unbranched alkanes of at least 4 members (excludes halogenated alkanes) is 1. The standard InChI is InChI=1S/C13H26N2O/c1-4-10-15(11-5-2)13(16)12(3)8-6-7-9-14/h3-11,14H2,1-2H3. The number of hydrogen-bond donors (Lipinski definition) is 1. The molecule has 0 fully saturated rings. The molecule has 16 heavy (non-hydrogen) atoms. The van der Waals surface area contributed by atoms with Gasteiger partial charge in [-0.15, -0.1) is 0 Å². The van der Waals surface area contributed by atoms with Crippen LogP contribution in [0.2, 0.25) is 0 Å². The minimum Gasteiger partial charge on any atom is -0.339 e. The van der Waals surface area contributed by atoms with Crippen molar-refractivity contribution in [2.45, 2.75) is 46.0 Å². The SMILES string of the molecule is C=C(CCCCN)C(=O)N(CCC)CCC. The van der Waals surface area contributed by atoms with Crippen LogP contribution in [0.5, 0.6) is 0 Å². The first-order valence-electron chi connectivity index (χ1n) is 6.34. The molecule has 3 nitrogen and oxygen atoms in total. The molecule has 0 saturated heterocycles. The lowest BCUT2D eigenvalue weighted by Gasteiger charge is -2.22. The van der Waals surface area contributed by atoms with E-state index < -0.39 is 0 Å². The van der Waals surface area contributed by atoms with E-state index in [2.05, 4.69) is 20.4 Å². The Balaban J connectivity index is 4.09. The van der Waals surface area contributed by atoms with Gasteiger partial charge in [0.2, 0.25) is 5.91 Å². The molecule has 0 unspecified atom stereocenters. The maximum absolute atomic E-state index is 12.0. The highest BCUT2D eigenvalue weighted by molar-refractivity contribution is 5.92. The summed E-state index contributed by atoms with van der Waals surface area (Å²) in [4.78, 5) is 13.9. The van der Waals surface area contributed by atoms with Gasteiger partial charge in [0.1, 0.15) is 0 Å². The van der Waals surface area contributed by atoms with Crippen molar-refractivity contribution in [1.29, 1.82) is 0 Å². The lowest BCUT2D eigenvalue weighted by Crippen LogP contribution is -2.33. The number of carbonyl (C=O) groups excluding carboxylic acids is 1. The van der Waals surface area contributed by atoms with Gasteiger partial charge in [-0.1, -0.05) is 20.4 Å². The van der Waals surface area contributed by atoms with E-state index in [9.17, 15) is 4.79 Å². The van der Waals surface area contributed by atoms with Crippen LogP contribution < -0.4 is 5.73 Å². The summed E-state index contributed by atoms with van der Waals surface area (Å²) in [5.74, 6) is 0.126. The molecule has 94 valence electrons. The predicted molar refractivity (Wildman–Crippen MR) is 69.2 cm³/mol. The summed E-state index contributed by atoms with van der Waals surface area (Å²) in [5, 5.41) is 0. The van der Waals surface area contributed by atoms with E-state index in [0.29, 0.717) is 6.54 Å². The summed E-state index contributed by atoms with van der Waals surface area (Å²) in [6, 6.07) is 0. The van der Waals surface area contributed by atoms with E-state index in [0.717, 1.165) is 50.8 Å². The Morgan fingerprint density at radius 1 is 1.19 bits per heavy atom. The molecule has 0 heterocycles. The topological polar surface area (TPSA) is 46.3 Å². The van der Waals surface area contributed by atoms with Crippen molar-refractivity contribution in [3.63, 3.8) is 0 Å². The van der Waals surface area contributed by atoms with Gasteiger partial charge >= 0.3 is 0 Å². The Morgan fingerprint density at radius 2 is 1.75 bits per heavy atom. The highest BCUT2D eigenvalue weighted by Crippen LogP contribution is 2.09. The lowest BCUT2D eigenvalue weighted by atomic mass is 10.1. The van der Waals surface area contributed by atoms with Gasteiger partial charge in [-0.3, -0.25) is 4.79 Å². The molecule has 1 amide bonds. The third-order valence-electron chi connectivity index (χ3n) is 2.51. The summed E-state index contributed by atoms with van der Waals surface area (Å²) in [6.07, 6.45) is 4.71. The molecule has 0 aliphatic heterocycles. The van der Waals surface area contributed by atoms with Crippen LogP contribution in [0.3, 0.4) is 0 Å². The van der Waals surface area contributed by atoms with Crippen LogP contribution in [0.25, 0.3) is 0 Å².